The second kappa shape index (κ2) is 9.74. The summed E-state index contributed by atoms with van der Waals surface area (Å²) in [6.07, 6.45) is 15.8. The maximum absolute atomic E-state index is 7.24. The summed E-state index contributed by atoms with van der Waals surface area (Å²) in [7, 11) is 0. The van der Waals surface area contributed by atoms with Crippen LogP contribution in [0.3, 0.4) is 0 Å². The molecule has 3 aliphatic rings. The fraction of sp³-hybridized carbons (Fsp3) is 0.786. The molecule has 1 aromatic carbocycles. The van der Waals surface area contributed by atoms with Crippen LogP contribution in [0.1, 0.15) is 117 Å². The maximum Gasteiger partial charge on any atom is 0.193 e. The van der Waals surface area contributed by atoms with Crippen molar-refractivity contribution in [2.45, 2.75) is 140 Å². The molecular formula is C28H46N2O2. The average molecular weight is 443 g/mol. The van der Waals surface area contributed by atoms with Crippen LogP contribution in [0.2, 0.25) is 0 Å². The van der Waals surface area contributed by atoms with Gasteiger partial charge in [0.05, 0.1) is 6.54 Å². The summed E-state index contributed by atoms with van der Waals surface area (Å²) >= 11 is 0. The van der Waals surface area contributed by atoms with Gasteiger partial charge in [0.2, 0.25) is 0 Å². The molecule has 4 heteroatoms. The minimum Gasteiger partial charge on any atom is -0.325 e. The Morgan fingerprint density at radius 2 is 1.25 bits per heavy atom. The highest BCUT2D eigenvalue weighted by Gasteiger charge is 2.60. The Balaban J connectivity index is 1.63. The highest BCUT2D eigenvalue weighted by Crippen LogP contribution is 2.51. The lowest BCUT2D eigenvalue weighted by molar-refractivity contribution is -0.268. The van der Waals surface area contributed by atoms with E-state index in [-0.39, 0.29) is 16.8 Å². The highest BCUT2D eigenvalue weighted by atomic mass is 16.9. The molecule has 1 aromatic rings. The fourth-order valence-electron chi connectivity index (χ4n) is 6.69. The first kappa shape index (κ1) is 24.2. The van der Waals surface area contributed by atoms with Crippen molar-refractivity contribution in [3.05, 3.63) is 35.9 Å². The molecule has 0 bridgehead atoms. The largest absolute Gasteiger partial charge is 0.325 e. The molecule has 0 amide bonds. The van der Waals surface area contributed by atoms with Crippen LogP contribution in [0, 0.1) is 0 Å². The maximum atomic E-state index is 7.24. The van der Waals surface area contributed by atoms with Crippen LogP contribution in [0.25, 0.3) is 0 Å². The highest BCUT2D eigenvalue weighted by molar-refractivity contribution is 5.15. The third kappa shape index (κ3) is 5.94. The Morgan fingerprint density at radius 1 is 0.750 bits per heavy atom. The lowest BCUT2D eigenvalue weighted by Crippen LogP contribution is -2.64. The summed E-state index contributed by atoms with van der Waals surface area (Å²) in [6, 6.07) is 10.8. The van der Waals surface area contributed by atoms with Crippen LogP contribution in [-0.4, -0.2) is 27.7 Å². The summed E-state index contributed by atoms with van der Waals surface area (Å²) in [5.74, 6) is -0.551. The number of hydrogen-bond acceptors (Lipinski definition) is 4. The number of piperidine rings is 1. The van der Waals surface area contributed by atoms with E-state index in [4.69, 9.17) is 9.57 Å². The van der Waals surface area contributed by atoms with Crippen LogP contribution in [0.15, 0.2) is 30.3 Å². The van der Waals surface area contributed by atoms with E-state index >= 15 is 0 Å². The van der Waals surface area contributed by atoms with Crippen molar-refractivity contribution in [1.29, 1.82) is 0 Å². The smallest absolute Gasteiger partial charge is 0.193 e. The monoisotopic (exact) mass is 442 g/mol. The predicted molar refractivity (Wildman–Crippen MR) is 131 cm³/mol. The zero-order valence-corrected chi connectivity index (χ0v) is 21.0. The third-order valence-corrected chi connectivity index (χ3v) is 7.51. The van der Waals surface area contributed by atoms with Crippen LogP contribution in [0.4, 0.5) is 0 Å². The molecule has 0 atom stereocenters. The van der Waals surface area contributed by atoms with Gasteiger partial charge < -0.3 is 10.1 Å². The van der Waals surface area contributed by atoms with Gasteiger partial charge in [-0.3, -0.25) is 4.84 Å². The van der Waals surface area contributed by atoms with E-state index in [0.717, 1.165) is 32.2 Å². The number of rotatable bonds is 2. The standard InChI is InChI=1S/C28H46N2O2/c1-25(2)22-28(23-26(3,4)29-25)31-27(30(32-28)21-24-17-13-12-14-18-24)19-15-10-8-6-5-7-9-11-16-20-27/h12-14,17-18,29H,5-11,15-16,19-23H2,1-4H3. The van der Waals surface area contributed by atoms with Crippen LogP contribution in [-0.2, 0) is 16.1 Å². The lowest BCUT2D eigenvalue weighted by Gasteiger charge is -2.50. The van der Waals surface area contributed by atoms with E-state index in [1.54, 1.807) is 0 Å². The summed E-state index contributed by atoms with van der Waals surface area (Å²) in [5.41, 5.74) is 0.915. The van der Waals surface area contributed by atoms with Crippen molar-refractivity contribution in [2.75, 3.05) is 0 Å². The van der Waals surface area contributed by atoms with Gasteiger partial charge in [0, 0.05) is 23.9 Å². The third-order valence-electron chi connectivity index (χ3n) is 7.51. The zero-order chi connectivity index (χ0) is 22.7. The van der Waals surface area contributed by atoms with E-state index in [0.29, 0.717) is 0 Å². The summed E-state index contributed by atoms with van der Waals surface area (Å²) < 4.78 is 7.24. The molecule has 0 aromatic heterocycles. The van der Waals surface area contributed by atoms with Crippen molar-refractivity contribution < 1.29 is 9.57 Å². The Morgan fingerprint density at radius 3 is 1.78 bits per heavy atom. The Hall–Kier alpha value is -0.940. The number of nitrogens with zero attached hydrogens (tertiary/aromatic N) is 1. The molecule has 1 N–H and O–H groups in total. The van der Waals surface area contributed by atoms with Gasteiger partial charge in [-0.15, -0.1) is 5.06 Å². The molecule has 4 rings (SSSR count). The number of benzene rings is 1. The van der Waals surface area contributed by atoms with Gasteiger partial charge in [-0.25, -0.2) is 0 Å². The Kier molecular flexibility index (Phi) is 7.36. The summed E-state index contributed by atoms with van der Waals surface area (Å²) in [6.45, 7) is 9.94. The van der Waals surface area contributed by atoms with Crippen molar-refractivity contribution in [3.8, 4) is 0 Å². The van der Waals surface area contributed by atoms with Gasteiger partial charge in [0.15, 0.2) is 5.79 Å². The van der Waals surface area contributed by atoms with E-state index in [1.165, 1.54) is 63.4 Å². The topological polar surface area (TPSA) is 33.7 Å². The zero-order valence-electron chi connectivity index (χ0n) is 21.0. The molecule has 4 nitrogen and oxygen atoms in total. The molecule has 1 saturated carbocycles. The minimum atomic E-state index is -0.551. The van der Waals surface area contributed by atoms with Crippen molar-refractivity contribution >= 4 is 0 Å². The van der Waals surface area contributed by atoms with E-state index in [9.17, 15) is 0 Å². The van der Waals surface area contributed by atoms with Gasteiger partial charge in [-0.1, -0.05) is 75.3 Å². The van der Waals surface area contributed by atoms with Gasteiger partial charge in [0.1, 0.15) is 5.72 Å². The van der Waals surface area contributed by atoms with Gasteiger partial charge >= 0.3 is 0 Å². The van der Waals surface area contributed by atoms with Crippen molar-refractivity contribution in [1.82, 2.24) is 10.4 Å². The molecule has 2 heterocycles. The van der Waals surface area contributed by atoms with Gasteiger partial charge in [-0.05, 0) is 58.9 Å². The second-order valence-corrected chi connectivity index (χ2v) is 12.0. The number of ether oxygens (including phenoxy) is 1. The molecule has 3 fully saturated rings. The molecule has 2 spiro atoms. The van der Waals surface area contributed by atoms with E-state index < -0.39 is 5.79 Å². The molecule has 0 radical (unpaired) electrons. The molecular weight excluding hydrogens is 396 g/mol. The average Bonchev–Trinajstić information content (AvgIpc) is 2.94. The molecule has 0 unspecified atom stereocenters. The van der Waals surface area contributed by atoms with E-state index in [1.807, 2.05) is 0 Å². The quantitative estimate of drug-likeness (QED) is 0.530. The Bertz CT molecular complexity index is 702. The molecule has 180 valence electrons. The first-order valence-electron chi connectivity index (χ1n) is 13.2. The molecule has 32 heavy (non-hydrogen) atoms. The first-order chi connectivity index (χ1) is 15.2. The van der Waals surface area contributed by atoms with Crippen molar-refractivity contribution in [2.24, 2.45) is 0 Å². The minimum absolute atomic E-state index is 0.0307. The molecule has 2 aliphatic heterocycles. The lowest BCUT2D eigenvalue weighted by atomic mass is 9.78. The van der Waals surface area contributed by atoms with Gasteiger partial charge in [-0.2, -0.15) is 0 Å². The predicted octanol–water partition coefficient (Wildman–Crippen LogP) is 7.09. The normalized spacial score (nSPS) is 28.2. The number of hydrogen-bond donors (Lipinski definition) is 1. The number of nitrogens with one attached hydrogen (secondary N) is 1. The van der Waals surface area contributed by atoms with Crippen LogP contribution >= 0.6 is 0 Å². The summed E-state index contributed by atoms with van der Waals surface area (Å²) in [5, 5.41) is 6.09. The Labute approximate surface area is 196 Å². The number of hydroxylamine groups is 2. The molecule has 2 saturated heterocycles. The summed E-state index contributed by atoms with van der Waals surface area (Å²) in [4.78, 5) is 6.95. The first-order valence-corrected chi connectivity index (χ1v) is 13.2. The van der Waals surface area contributed by atoms with Crippen molar-refractivity contribution in [3.63, 3.8) is 0 Å². The fourth-order valence-corrected chi connectivity index (χ4v) is 6.69. The molecule has 1 aliphatic carbocycles. The van der Waals surface area contributed by atoms with Crippen LogP contribution < -0.4 is 5.32 Å². The van der Waals surface area contributed by atoms with E-state index in [2.05, 4.69) is 68.4 Å². The van der Waals surface area contributed by atoms with Gasteiger partial charge in [0.25, 0.3) is 0 Å². The SMILES string of the molecule is CC1(C)CC2(CC(C)(C)N1)ON(Cc1ccccc1)C1(CCCCCCCCCCC1)O2. The van der Waals surface area contributed by atoms with Crippen LogP contribution in [0.5, 0.6) is 0 Å². The second-order valence-electron chi connectivity index (χ2n) is 12.0.